The Morgan fingerprint density at radius 2 is 2.12 bits per heavy atom. The van der Waals surface area contributed by atoms with Crippen molar-refractivity contribution in [3.63, 3.8) is 0 Å². The number of hydrogen-bond acceptors (Lipinski definition) is 3. The van der Waals surface area contributed by atoms with E-state index < -0.39 is 5.60 Å². The lowest BCUT2D eigenvalue weighted by Crippen LogP contribution is -2.28. The van der Waals surface area contributed by atoms with Crippen LogP contribution in [-0.4, -0.2) is 28.8 Å². The number of pyridine rings is 1. The highest BCUT2D eigenvalue weighted by Gasteiger charge is 2.26. The van der Waals surface area contributed by atoms with Crippen molar-refractivity contribution < 1.29 is 5.11 Å². The molecule has 0 aliphatic carbocycles. The maximum absolute atomic E-state index is 10.0. The van der Waals surface area contributed by atoms with E-state index in [4.69, 9.17) is 23.2 Å². The monoisotopic (exact) mass is 274 g/mol. The number of aromatic nitrogens is 1. The van der Waals surface area contributed by atoms with Gasteiger partial charge in [-0.05, 0) is 32.3 Å². The molecule has 1 aliphatic heterocycles. The van der Waals surface area contributed by atoms with Gasteiger partial charge in [0.1, 0.15) is 5.82 Å². The number of halogens is 2. The van der Waals surface area contributed by atoms with Gasteiger partial charge in [0, 0.05) is 19.3 Å². The van der Waals surface area contributed by atoms with E-state index in [1.54, 1.807) is 12.3 Å². The van der Waals surface area contributed by atoms with Crippen LogP contribution in [-0.2, 0) is 0 Å². The number of nitrogens with zero attached hydrogens (tertiary/aromatic N) is 2. The predicted octanol–water partition coefficient (Wildman–Crippen LogP) is 3.13. The normalized spacial score (nSPS) is 25.8. The predicted molar refractivity (Wildman–Crippen MR) is 70.9 cm³/mol. The van der Waals surface area contributed by atoms with Gasteiger partial charge in [0.2, 0.25) is 0 Å². The maximum atomic E-state index is 10.0. The smallest absolute Gasteiger partial charge is 0.147 e. The van der Waals surface area contributed by atoms with Crippen molar-refractivity contribution in [3.05, 3.63) is 22.3 Å². The Kier molecular flexibility index (Phi) is 3.81. The fourth-order valence-corrected chi connectivity index (χ4v) is 2.61. The molecule has 0 radical (unpaired) electrons. The first-order chi connectivity index (χ1) is 7.98. The van der Waals surface area contributed by atoms with Crippen LogP contribution in [0.4, 0.5) is 5.82 Å². The molecule has 1 atom stereocenters. The Bertz CT molecular complexity index is 409. The van der Waals surface area contributed by atoms with Crippen molar-refractivity contribution in [2.45, 2.75) is 31.8 Å². The van der Waals surface area contributed by atoms with Gasteiger partial charge in [-0.3, -0.25) is 0 Å². The van der Waals surface area contributed by atoms with Gasteiger partial charge in [0.15, 0.2) is 0 Å². The van der Waals surface area contributed by atoms with Gasteiger partial charge < -0.3 is 10.0 Å². The Balaban J connectivity index is 2.17. The second kappa shape index (κ2) is 5.01. The molecule has 0 spiro atoms. The first kappa shape index (κ1) is 12.9. The summed E-state index contributed by atoms with van der Waals surface area (Å²) in [5, 5.41) is 11.1. The van der Waals surface area contributed by atoms with Gasteiger partial charge in [-0.1, -0.05) is 23.2 Å². The van der Waals surface area contributed by atoms with Crippen LogP contribution in [0.15, 0.2) is 12.3 Å². The molecule has 1 aromatic heterocycles. The maximum Gasteiger partial charge on any atom is 0.147 e. The van der Waals surface area contributed by atoms with E-state index in [0.29, 0.717) is 10.0 Å². The highest BCUT2D eigenvalue weighted by Crippen LogP contribution is 2.29. The van der Waals surface area contributed by atoms with Crippen LogP contribution >= 0.6 is 23.2 Å². The summed E-state index contributed by atoms with van der Waals surface area (Å²) in [5.74, 6) is 0.758. The molecule has 17 heavy (non-hydrogen) atoms. The van der Waals surface area contributed by atoms with Crippen LogP contribution in [0.1, 0.15) is 26.2 Å². The van der Waals surface area contributed by atoms with Gasteiger partial charge in [0.05, 0.1) is 15.6 Å². The number of hydrogen-bond donors (Lipinski definition) is 1. The minimum atomic E-state index is -0.576. The lowest BCUT2D eigenvalue weighted by atomic mass is 9.98. The summed E-state index contributed by atoms with van der Waals surface area (Å²) in [6, 6.07) is 1.70. The Labute approximate surface area is 111 Å². The first-order valence-corrected chi connectivity index (χ1v) is 6.52. The topological polar surface area (TPSA) is 36.4 Å². The SMILES string of the molecule is CC1(O)CCCN(c2ncc(Cl)cc2Cl)CC1. The Morgan fingerprint density at radius 3 is 2.82 bits per heavy atom. The van der Waals surface area contributed by atoms with Gasteiger partial charge in [-0.25, -0.2) is 4.98 Å². The van der Waals surface area contributed by atoms with Gasteiger partial charge in [-0.15, -0.1) is 0 Å². The zero-order valence-electron chi connectivity index (χ0n) is 9.79. The van der Waals surface area contributed by atoms with E-state index in [2.05, 4.69) is 9.88 Å². The molecule has 1 fully saturated rings. The van der Waals surface area contributed by atoms with Gasteiger partial charge in [0.25, 0.3) is 0 Å². The average molecular weight is 275 g/mol. The van der Waals surface area contributed by atoms with Gasteiger partial charge >= 0.3 is 0 Å². The molecule has 94 valence electrons. The summed E-state index contributed by atoms with van der Waals surface area (Å²) in [5.41, 5.74) is -0.576. The first-order valence-electron chi connectivity index (χ1n) is 5.76. The van der Waals surface area contributed by atoms with E-state index in [9.17, 15) is 5.11 Å². The zero-order valence-corrected chi connectivity index (χ0v) is 11.3. The van der Waals surface area contributed by atoms with Crippen LogP contribution < -0.4 is 4.90 Å². The summed E-state index contributed by atoms with van der Waals surface area (Å²) in [7, 11) is 0. The van der Waals surface area contributed by atoms with Crippen molar-refractivity contribution in [2.24, 2.45) is 0 Å². The Morgan fingerprint density at radius 1 is 1.35 bits per heavy atom. The number of anilines is 1. The summed E-state index contributed by atoms with van der Waals surface area (Å²) >= 11 is 12.0. The quantitative estimate of drug-likeness (QED) is 0.855. The van der Waals surface area contributed by atoms with E-state index in [0.717, 1.165) is 38.2 Å². The van der Waals surface area contributed by atoms with Crippen LogP contribution in [0.3, 0.4) is 0 Å². The van der Waals surface area contributed by atoms with E-state index in [1.807, 2.05) is 6.92 Å². The molecule has 1 saturated heterocycles. The molecular formula is C12H16Cl2N2O. The molecule has 2 heterocycles. The van der Waals surface area contributed by atoms with Crippen molar-refractivity contribution in [3.8, 4) is 0 Å². The zero-order chi connectivity index (χ0) is 12.5. The fourth-order valence-electron chi connectivity index (χ4n) is 2.12. The molecule has 0 aromatic carbocycles. The van der Waals surface area contributed by atoms with Crippen molar-refractivity contribution >= 4 is 29.0 Å². The largest absolute Gasteiger partial charge is 0.390 e. The summed E-state index contributed by atoms with van der Waals surface area (Å²) < 4.78 is 0. The lowest BCUT2D eigenvalue weighted by molar-refractivity contribution is 0.0481. The summed E-state index contributed by atoms with van der Waals surface area (Å²) in [6.45, 7) is 3.51. The molecule has 0 saturated carbocycles. The molecular weight excluding hydrogens is 259 g/mol. The molecule has 1 N–H and O–H groups in total. The second-order valence-corrected chi connectivity index (χ2v) is 5.64. The fraction of sp³-hybridized carbons (Fsp3) is 0.583. The third-order valence-electron chi connectivity index (χ3n) is 3.15. The van der Waals surface area contributed by atoms with Crippen molar-refractivity contribution in [2.75, 3.05) is 18.0 Å². The van der Waals surface area contributed by atoms with Crippen LogP contribution in [0.25, 0.3) is 0 Å². The molecule has 0 bridgehead atoms. The summed E-state index contributed by atoms with van der Waals surface area (Å²) in [6.07, 6.45) is 4.09. The van der Waals surface area contributed by atoms with Crippen LogP contribution in [0, 0.1) is 0 Å². The number of rotatable bonds is 1. The third kappa shape index (κ3) is 3.24. The summed E-state index contributed by atoms with van der Waals surface area (Å²) in [4.78, 5) is 6.38. The highest BCUT2D eigenvalue weighted by molar-refractivity contribution is 6.36. The molecule has 1 aromatic rings. The van der Waals surface area contributed by atoms with Crippen molar-refractivity contribution in [1.82, 2.24) is 4.98 Å². The molecule has 3 nitrogen and oxygen atoms in total. The second-order valence-electron chi connectivity index (χ2n) is 4.80. The van der Waals surface area contributed by atoms with E-state index in [-0.39, 0.29) is 0 Å². The molecule has 0 amide bonds. The molecule has 2 rings (SSSR count). The minimum absolute atomic E-state index is 0.542. The third-order valence-corrected chi connectivity index (χ3v) is 3.64. The molecule has 5 heteroatoms. The number of aliphatic hydroxyl groups is 1. The van der Waals surface area contributed by atoms with Gasteiger partial charge in [-0.2, -0.15) is 0 Å². The minimum Gasteiger partial charge on any atom is -0.390 e. The average Bonchev–Trinajstić information content (AvgIpc) is 2.40. The standard InChI is InChI=1S/C12H16Cl2N2O/c1-12(17)3-2-5-16(6-4-12)11-10(14)7-9(13)8-15-11/h7-8,17H,2-6H2,1H3. The van der Waals surface area contributed by atoms with E-state index in [1.165, 1.54) is 0 Å². The van der Waals surface area contributed by atoms with Crippen LogP contribution in [0.5, 0.6) is 0 Å². The Hall–Kier alpha value is -0.510. The van der Waals surface area contributed by atoms with Crippen LogP contribution in [0.2, 0.25) is 10.0 Å². The molecule has 1 aliphatic rings. The highest BCUT2D eigenvalue weighted by atomic mass is 35.5. The van der Waals surface area contributed by atoms with Crippen molar-refractivity contribution in [1.29, 1.82) is 0 Å². The lowest BCUT2D eigenvalue weighted by Gasteiger charge is -2.24. The molecule has 1 unspecified atom stereocenters. The van der Waals surface area contributed by atoms with E-state index >= 15 is 0 Å².